The molecule has 0 bridgehead atoms. The lowest BCUT2D eigenvalue weighted by Gasteiger charge is -2.23. The van der Waals surface area contributed by atoms with Gasteiger partial charge in [0.15, 0.2) is 0 Å². The third-order valence-corrected chi connectivity index (χ3v) is 4.31. The Labute approximate surface area is 130 Å². The smallest absolute Gasteiger partial charge is 0.282 e. The molecule has 3 N–H and O–H groups in total. The molecule has 9 heteroatoms. The van der Waals surface area contributed by atoms with Gasteiger partial charge in [-0.2, -0.15) is 0 Å². The fraction of sp³-hybridized carbons (Fsp3) is 0.417. The van der Waals surface area contributed by atoms with Gasteiger partial charge in [-0.25, -0.2) is 13.4 Å². The van der Waals surface area contributed by atoms with Crippen molar-refractivity contribution in [3.8, 4) is 0 Å². The summed E-state index contributed by atoms with van der Waals surface area (Å²) >= 11 is 0. The molecule has 2 rings (SSSR count). The summed E-state index contributed by atoms with van der Waals surface area (Å²) < 4.78 is 29.5. The second kappa shape index (κ2) is 7.71. The number of hydrogen-bond acceptors (Lipinski definition) is 4. The van der Waals surface area contributed by atoms with Crippen molar-refractivity contribution in [3.63, 3.8) is 0 Å². The lowest BCUT2D eigenvalue weighted by atomic mass is 10.3. The Balaban J connectivity index is 0.00000220. The molecule has 1 amide bonds. The number of halogens is 1. The lowest BCUT2D eigenvalue weighted by molar-refractivity contribution is -0.938. The number of carbonyl (C=O) groups excluding carboxylic acids is 1. The molecule has 21 heavy (non-hydrogen) atoms. The van der Waals surface area contributed by atoms with Gasteiger partial charge in [-0.15, -0.1) is 0 Å². The minimum Gasteiger partial charge on any atom is -1.00 e. The van der Waals surface area contributed by atoms with E-state index < -0.39 is 10.0 Å². The van der Waals surface area contributed by atoms with Crippen LogP contribution in [-0.4, -0.2) is 40.6 Å². The fourth-order valence-electron chi connectivity index (χ4n) is 1.89. The van der Waals surface area contributed by atoms with Crippen molar-refractivity contribution in [1.29, 1.82) is 0 Å². The Bertz CT molecular complexity index is 571. The molecule has 0 aromatic heterocycles. The molecule has 118 valence electrons. The van der Waals surface area contributed by atoms with Crippen LogP contribution in [0.25, 0.3) is 0 Å². The molecule has 0 unspecified atom stereocenters. The minimum absolute atomic E-state index is 0. The molecule has 0 aliphatic carbocycles. The summed E-state index contributed by atoms with van der Waals surface area (Å²) in [5, 5.41) is 3.35. The third-order valence-electron chi connectivity index (χ3n) is 2.86. The third kappa shape index (κ3) is 5.25. The van der Waals surface area contributed by atoms with E-state index in [1.54, 1.807) is 12.1 Å². The molecular formula is C12H18ClN3O4S. The zero-order chi connectivity index (χ0) is 14.6. The molecule has 7 nitrogen and oxygen atoms in total. The summed E-state index contributed by atoms with van der Waals surface area (Å²) in [6.07, 6.45) is 0. The molecular weight excluding hydrogens is 318 g/mol. The molecule has 1 saturated heterocycles. The molecule has 1 heterocycles. The van der Waals surface area contributed by atoms with E-state index in [2.05, 4.69) is 10.1 Å². The molecule has 1 aliphatic heterocycles. The Kier molecular flexibility index (Phi) is 6.56. The maximum absolute atomic E-state index is 12.2. The monoisotopic (exact) mass is 335 g/mol. The Hall–Kier alpha value is -1.19. The Morgan fingerprint density at radius 3 is 2.29 bits per heavy atom. The number of anilines is 1. The van der Waals surface area contributed by atoms with Crippen molar-refractivity contribution in [2.75, 3.05) is 31.6 Å². The predicted molar refractivity (Wildman–Crippen MR) is 72.6 cm³/mol. The van der Waals surface area contributed by atoms with Crippen molar-refractivity contribution in [1.82, 2.24) is 4.83 Å². The van der Waals surface area contributed by atoms with Crippen LogP contribution < -0.4 is 27.6 Å². The van der Waals surface area contributed by atoms with Gasteiger partial charge in [0.1, 0.15) is 13.1 Å². The van der Waals surface area contributed by atoms with Gasteiger partial charge < -0.3 is 22.5 Å². The number of benzene rings is 1. The van der Waals surface area contributed by atoms with Gasteiger partial charge in [0.2, 0.25) is 5.91 Å². The average molecular weight is 336 g/mol. The van der Waals surface area contributed by atoms with E-state index in [-0.39, 0.29) is 23.2 Å². The summed E-state index contributed by atoms with van der Waals surface area (Å²) in [4.78, 5) is 13.7. The number of morpholine rings is 1. The van der Waals surface area contributed by atoms with Crippen LogP contribution in [-0.2, 0) is 19.6 Å². The number of amides is 1. The molecule has 0 saturated carbocycles. The number of rotatable bonds is 4. The Morgan fingerprint density at radius 1 is 1.19 bits per heavy atom. The summed E-state index contributed by atoms with van der Waals surface area (Å²) in [7, 11) is -3.56. The van der Waals surface area contributed by atoms with Gasteiger partial charge in [0.25, 0.3) is 10.0 Å². The van der Waals surface area contributed by atoms with Crippen molar-refractivity contribution in [3.05, 3.63) is 24.3 Å². The quantitative estimate of drug-likeness (QED) is 0.520. The summed E-state index contributed by atoms with van der Waals surface area (Å²) in [6, 6.07) is 6.05. The lowest BCUT2D eigenvalue weighted by Crippen LogP contribution is -3.20. The maximum Gasteiger partial charge on any atom is 0.282 e. The number of nitrogens with one attached hydrogen (secondary N) is 3. The standard InChI is InChI=1S/C12H17N3O4S.ClH/c1-10(16)13-11-2-4-12(5-3-11)20(17,18)14-15-6-8-19-9-7-15;/h2-5,14H,6-9H2,1H3,(H,13,16);1H. The highest BCUT2D eigenvalue weighted by Crippen LogP contribution is 2.13. The molecule has 0 spiro atoms. The predicted octanol–water partition coefficient (Wildman–Crippen LogP) is -4.24. The van der Waals surface area contributed by atoms with Gasteiger partial charge in [-0.3, -0.25) is 4.79 Å². The second-order valence-electron chi connectivity index (χ2n) is 4.53. The first-order valence-electron chi connectivity index (χ1n) is 6.30. The van der Waals surface area contributed by atoms with Crippen molar-refractivity contribution in [2.45, 2.75) is 11.8 Å². The van der Waals surface area contributed by atoms with E-state index in [1.807, 2.05) is 0 Å². The van der Waals surface area contributed by atoms with E-state index in [0.29, 0.717) is 32.0 Å². The first-order chi connectivity index (χ1) is 9.47. The summed E-state index contributed by atoms with van der Waals surface area (Å²) in [5.74, 6) is -0.198. The van der Waals surface area contributed by atoms with Gasteiger partial charge >= 0.3 is 0 Å². The van der Waals surface area contributed by atoms with Crippen LogP contribution in [0.2, 0.25) is 0 Å². The topological polar surface area (TPSA) is 88.9 Å². The first-order valence-corrected chi connectivity index (χ1v) is 7.78. The molecule has 0 atom stereocenters. The second-order valence-corrected chi connectivity index (χ2v) is 6.21. The first kappa shape index (κ1) is 17.9. The van der Waals surface area contributed by atoms with Crippen LogP contribution in [0.4, 0.5) is 5.69 Å². The van der Waals surface area contributed by atoms with Gasteiger partial charge in [0.05, 0.1) is 18.1 Å². The number of carbonyl (C=O) groups is 1. The van der Waals surface area contributed by atoms with Crippen LogP contribution in [0.3, 0.4) is 0 Å². The SMILES string of the molecule is CC(=O)Nc1ccc(S(=O)(=O)N[NH+]2CCOCC2)cc1.[Cl-]. The molecule has 0 radical (unpaired) electrons. The van der Waals surface area contributed by atoms with Crippen molar-refractivity contribution < 1.29 is 35.4 Å². The number of quaternary nitrogens is 1. The van der Waals surface area contributed by atoms with E-state index in [9.17, 15) is 13.2 Å². The van der Waals surface area contributed by atoms with E-state index in [4.69, 9.17) is 4.74 Å². The maximum atomic E-state index is 12.2. The molecule has 1 fully saturated rings. The van der Waals surface area contributed by atoms with Crippen LogP contribution in [0.5, 0.6) is 0 Å². The highest BCUT2D eigenvalue weighted by molar-refractivity contribution is 7.89. The highest BCUT2D eigenvalue weighted by atomic mass is 35.5. The normalized spacial score (nSPS) is 16.0. The van der Waals surface area contributed by atoms with Crippen LogP contribution in [0, 0.1) is 0 Å². The van der Waals surface area contributed by atoms with Crippen LogP contribution in [0.15, 0.2) is 29.2 Å². The van der Waals surface area contributed by atoms with E-state index in [0.717, 1.165) is 5.01 Å². The molecule has 1 aromatic carbocycles. The minimum atomic E-state index is -3.56. The number of sulfonamides is 1. The largest absolute Gasteiger partial charge is 1.00 e. The number of ether oxygens (including phenoxy) is 1. The van der Waals surface area contributed by atoms with Crippen LogP contribution >= 0.6 is 0 Å². The zero-order valence-corrected chi connectivity index (χ0v) is 13.1. The highest BCUT2D eigenvalue weighted by Gasteiger charge is 2.23. The summed E-state index contributed by atoms with van der Waals surface area (Å²) in [5.41, 5.74) is 0.565. The molecule has 1 aliphatic rings. The zero-order valence-electron chi connectivity index (χ0n) is 11.6. The van der Waals surface area contributed by atoms with Gasteiger partial charge in [-0.1, -0.05) is 4.83 Å². The fourth-order valence-corrected chi connectivity index (χ4v) is 3.09. The number of hydrogen-bond donors (Lipinski definition) is 3. The van der Waals surface area contributed by atoms with E-state index >= 15 is 0 Å². The molecule has 1 aromatic rings. The van der Waals surface area contributed by atoms with Crippen molar-refractivity contribution in [2.24, 2.45) is 0 Å². The van der Waals surface area contributed by atoms with Crippen LogP contribution in [0.1, 0.15) is 6.92 Å². The van der Waals surface area contributed by atoms with Crippen molar-refractivity contribution >= 4 is 21.6 Å². The van der Waals surface area contributed by atoms with E-state index in [1.165, 1.54) is 19.1 Å². The average Bonchev–Trinajstić information content (AvgIpc) is 2.39. The van der Waals surface area contributed by atoms with Gasteiger partial charge in [0, 0.05) is 12.6 Å². The van der Waals surface area contributed by atoms with Gasteiger partial charge in [-0.05, 0) is 24.3 Å². The Morgan fingerprint density at radius 2 is 1.76 bits per heavy atom. The summed E-state index contributed by atoms with van der Waals surface area (Å²) in [6.45, 7) is 3.68.